The summed E-state index contributed by atoms with van der Waals surface area (Å²) in [5, 5.41) is 7.73. The molecule has 1 aromatic carbocycles. The van der Waals surface area contributed by atoms with Crippen LogP contribution in [0.15, 0.2) is 29.4 Å². The first-order valence-electron chi connectivity index (χ1n) is 8.64. The molecule has 1 aromatic heterocycles. The molecule has 1 aliphatic carbocycles. The zero-order valence-electron chi connectivity index (χ0n) is 14.1. The van der Waals surface area contributed by atoms with Crippen LogP contribution in [0.3, 0.4) is 0 Å². The second-order valence-electron chi connectivity index (χ2n) is 6.75. The first-order valence-corrected chi connectivity index (χ1v) is 11.5. The number of carbonyl (C=O) groups is 1. The van der Waals surface area contributed by atoms with Crippen molar-refractivity contribution >= 4 is 44.2 Å². The maximum atomic E-state index is 12.1. The molecule has 2 heterocycles. The van der Waals surface area contributed by atoms with E-state index in [4.69, 9.17) is 0 Å². The van der Waals surface area contributed by atoms with Crippen LogP contribution in [0, 0.1) is 0 Å². The lowest BCUT2D eigenvalue weighted by atomic mass is 10.2. The molecule has 7 nitrogen and oxygen atoms in total. The summed E-state index contributed by atoms with van der Waals surface area (Å²) in [6.07, 6.45) is 2.78. The fourth-order valence-electron chi connectivity index (χ4n) is 2.96. The van der Waals surface area contributed by atoms with Crippen LogP contribution in [0.4, 0.5) is 5.82 Å². The first kappa shape index (κ1) is 17.5. The summed E-state index contributed by atoms with van der Waals surface area (Å²) < 4.78 is 22.9. The van der Waals surface area contributed by atoms with Crippen molar-refractivity contribution in [2.24, 2.45) is 0 Å². The van der Waals surface area contributed by atoms with E-state index in [-0.39, 0.29) is 29.2 Å². The van der Waals surface area contributed by atoms with Gasteiger partial charge in [0.25, 0.3) is 0 Å². The SMILES string of the molecule is O=C(CSc1nc(NC2CC2)c2ccccc2n1)N[C@H]1CCS(=O)(=O)C1. The van der Waals surface area contributed by atoms with Crippen LogP contribution >= 0.6 is 11.8 Å². The summed E-state index contributed by atoms with van der Waals surface area (Å²) in [6, 6.07) is 8.00. The van der Waals surface area contributed by atoms with Gasteiger partial charge < -0.3 is 10.6 Å². The summed E-state index contributed by atoms with van der Waals surface area (Å²) in [4.78, 5) is 21.2. The zero-order valence-corrected chi connectivity index (χ0v) is 15.8. The van der Waals surface area contributed by atoms with Crippen molar-refractivity contribution in [2.45, 2.75) is 36.5 Å². The Balaban J connectivity index is 1.42. The standard InChI is InChI=1S/C17H20N4O3S2/c22-15(18-12-7-8-26(23,24)10-12)9-25-17-20-14-4-2-1-3-13(14)16(21-17)19-11-5-6-11/h1-4,11-12H,5-10H2,(H,18,22)(H,19,20,21)/t12-/m0/s1. The van der Waals surface area contributed by atoms with Crippen LogP contribution in [0.1, 0.15) is 19.3 Å². The molecule has 1 saturated heterocycles. The molecule has 1 aliphatic heterocycles. The molecule has 2 N–H and O–H groups in total. The van der Waals surface area contributed by atoms with Crippen LogP contribution in [0.5, 0.6) is 0 Å². The average molecular weight is 393 g/mol. The molecule has 1 atom stereocenters. The predicted molar refractivity (Wildman–Crippen MR) is 102 cm³/mol. The maximum Gasteiger partial charge on any atom is 0.230 e. The van der Waals surface area contributed by atoms with Gasteiger partial charge in [0.15, 0.2) is 15.0 Å². The Bertz CT molecular complexity index is 944. The van der Waals surface area contributed by atoms with Gasteiger partial charge in [-0.2, -0.15) is 0 Å². The summed E-state index contributed by atoms with van der Waals surface area (Å²) in [7, 11) is -3.00. The molecule has 1 amide bonds. The minimum Gasteiger partial charge on any atom is -0.367 e. The number of anilines is 1. The Morgan fingerprint density at radius 1 is 1.15 bits per heavy atom. The first-order chi connectivity index (χ1) is 12.5. The summed E-state index contributed by atoms with van der Waals surface area (Å²) >= 11 is 1.26. The lowest BCUT2D eigenvalue weighted by molar-refractivity contribution is -0.119. The van der Waals surface area contributed by atoms with E-state index in [1.165, 1.54) is 11.8 Å². The number of nitrogens with zero attached hydrogens (tertiary/aromatic N) is 2. The van der Waals surface area contributed by atoms with Crippen molar-refractivity contribution in [1.29, 1.82) is 0 Å². The monoisotopic (exact) mass is 392 g/mol. The third-order valence-electron chi connectivity index (χ3n) is 4.43. The third-order valence-corrected chi connectivity index (χ3v) is 7.05. The van der Waals surface area contributed by atoms with E-state index in [0.717, 1.165) is 29.6 Å². The lowest BCUT2D eigenvalue weighted by Gasteiger charge is -2.11. The summed E-state index contributed by atoms with van der Waals surface area (Å²) in [5.74, 6) is 0.964. The minimum atomic E-state index is -3.00. The number of para-hydroxylation sites is 1. The Morgan fingerprint density at radius 2 is 1.96 bits per heavy atom. The summed E-state index contributed by atoms with van der Waals surface area (Å²) in [6.45, 7) is 0. The van der Waals surface area contributed by atoms with Crippen molar-refractivity contribution in [3.63, 3.8) is 0 Å². The van der Waals surface area contributed by atoms with E-state index in [0.29, 0.717) is 17.6 Å². The van der Waals surface area contributed by atoms with E-state index >= 15 is 0 Å². The van der Waals surface area contributed by atoms with E-state index in [1.54, 1.807) is 0 Å². The van der Waals surface area contributed by atoms with Crippen LogP contribution in [-0.2, 0) is 14.6 Å². The molecule has 0 radical (unpaired) electrons. The van der Waals surface area contributed by atoms with Crippen LogP contribution in [0.25, 0.3) is 10.9 Å². The maximum absolute atomic E-state index is 12.1. The molecule has 2 aromatic rings. The quantitative estimate of drug-likeness (QED) is 0.569. The molecular weight excluding hydrogens is 372 g/mol. The van der Waals surface area contributed by atoms with Gasteiger partial charge >= 0.3 is 0 Å². The van der Waals surface area contributed by atoms with Crippen molar-refractivity contribution in [3.05, 3.63) is 24.3 Å². The number of fused-ring (bicyclic) bond motifs is 1. The number of nitrogens with one attached hydrogen (secondary N) is 2. The normalized spacial score (nSPS) is 21.6. The van der Waals surface area contributed by atoms with Gasteiger partial charge in [0.05, 0.1) is 22.8 Å². The third kappa shape index (κ3) is 4.27. The van der Waals surface area contributed by atoms with Gasteiger partial charge in [0.1, 0.15) is 5.82 Å². The van der Waals surface area contributed by atoms with Crippen molar-refractivity contribution in [1.82, 2.24) is 15.3 Å². The van der Waals surface area contributed by atoms with Gasteiger partial charge in [-0.25, -0.2) is 18.4 Å². The highest BCUT2D eigenvalue weighted by Gasteiger charge is 2.29. The molecular formula is C17H20N4O3S2. The number of hydrogen-bond acceptors (Lipinski definition) is 7. The fraction of sp³-hybridized carbons (Fsp3) is 0.471. The molecule has 1 saturated carbocycles. The van der Waals surface area contributed by atoms with Crippen molar-refractivity contribution in [2.75, 3.05) is 22.6 Å². The number of hydrogen-bond donors (Lipinski definition) is 2. The second-order valence-corrected chi connectivity index (χ2v) is 9.92. The van der Waals surface area contributed by atoms with Gasteiger partial charge in [0.2, 0.25) is 5.91 Å². The number of aromatic nitrogens is 2. The Labute approximate surface area is 156 Å². The minimum absolute atomic E-state index is 0.0331. The van der Waals surface area contributed by atoms with E-state index in [9.17, 15) is 13.2 Å². The van der Waals surface area contributed by atoms with Gasteiger partial charge in [0, 0.05) is 17.5 Å². The van der Waals surface area contributed by atoms with Crippen LogP contribution < -0.4 is 10.6 Å². The number of thioether (sulfide) groups is 1. The number of carbonyl (C=O) groups excluding carboxylic acids is 1. The summed E-state index contributed by atoms with van der Waals surface area (Å²) in [5.41, 5.74) is 0.843. The zero-order chi connectivity index (χ0) is 18.1. The smallest absolute Gasteiger partial charge is 0.230 e. The highest BCUT2D eigenvalue weighted by Crippen LogP contribution is 2.29. The van der Waals surface area contributed by atoms with Crippen LogP contribution in [0.2, 0.25) is 0 Å². The molecule has 0 unspecified atom stereocenters. The van der Waals surface area contributed by atoms with E-state index in [1.807, 2.05) is 24.3 Å². The molecule has 9 heteroatoms. The molecule has 2 aliphatic rings. The van der Waals surface area contributed by atoms with Crippen LogP contribution in [-0.4, -0.2) is 53.6 Å². The lowest BCUT2D eigenvalue weighted by Crippen LogP contribution is -2.36. The topological polar surface area (TPSA) is 101 Å². The fourth-order valence-corrected chi connectivity index (χ4v) is 5.29. The predicted octanol–water partition coefficient (Wildman–Crippen LogP) is 1.60. The van der Waals surface area contributed by atoms with E-state index in [2.05, 4.69) is 20.6 Å². The molecule has 4 rings (SSSR count). The second kappa shape index (κ2) is 7.03. The number of sulfone groups is 1. The number of rotatable bonds is 6. The van der Waals surface area contributed by atoms with Gasteiger partial charge in [-0.1, -0.05) is 23.9 Å². The largest absolute Gasteiger partial charge is 0.367 e. The van der Waals surface area contributed by atoms with Crippen molar-refractivity contribution in [3.8, 4) is 0 Å². The van der Waals surface area contributed by atoms with Crippen molar-refractivity contribution < 1.29 is 13.2 Å². The Morgan fingerprint density at radius 3 is 2.69 bits per heavy atom. The van der Waals surface area contributed by atoms with Gasteiger partial charge in [-0.15, -0.1) is 0 Å². The Kier molecular flexibility index (Phi) is 4.74. The molecule has 26 heavy (non-hydrogen) atoms. The molecule has 2 fully saturated rings. The number of benzene rings is 1. The van der Waals surface area contributed by atoms with E-state index < -0.39 is 9.84 Å². The molecule has 0 bridgehead atoms. The number of amides is 1. The molecule has 138 valence electrons. The van der Waals surface area contributed by atoms with Gasteiger partial charge in [-0.3, -0.25) is 4.79 Å². The van der Waals surface area contributed by atoms with Gasteiger partial charge in [-0.05, 0) is 31.4 Å². The average Bonchev–Trinajstić information content (AvgIpc) is 3.35. The Hall–Kier alpha value is -1.87. The highest BCUT2D eigenvalue weighted by atomic mass is 32.2. The molecule has 0 spiro atoms. The highest BCUT2D eigenvalue weighted by molar-refractivity contribution is 7.99.